The number of para-hydroxylation sites is 1. The first-order valence-electron chi connectivity index (χ1n) is 6.51. The van der Waals surface area contributed by atoms with E-state index in [0.717, 1.165) is 11.6 Å². The normalized spacial score (nSPS) is 12.2. The minimum absolute atomic E-state index is 0.390. The zero-order valence-corrected chi connectivity index (χ0v) is 11.5. The summed E-state index contributed by atoms with van der Waals surface area (Å²) in [5.74, 6) is -0.465. The Hall–Kier alpha value is -1.94. The minimum atomic E-state index is -0.584. The highest BCUT2D eigenvalue weighted by molar-refractivity contribution is 5.42. The number of hydrogen-bond donors (Lipinski definition) is 1. The van der Waals surface area contributed by atoms with Crippen LogP contribution in [-0.2, 0) is 0 Å². The minimum Gasteiger partial charge on any atom is -0.494 e. The van der Waals surface area contributed by atoms with Crippen LogP contribution in [0.5, 0.6) is 5.75 Å². The second-order valence-electron chi connectivity index (χ2n) is 4.36. The first-order chi connectivity index (χ1) is 9.67. The quantitative estimate of drug-likeness (QED) is 0.900. The SMILES string of the molecule is CCOc1ccccc1C(NC)c1ccc(F)cc1F. The summed E-state index contributed by atoms with van der Waals surface area (Å²) in [6.45, 7) is 2.42. The van der Waals surface area contributed by atoms with Gasteiger partial charge in [0.1, 0.15) is 17.4 Å². The lowest BCUT2D eigenvalue weighted by Gasteiger charge is -2.21. The molecule has 0 fully saturated rings. The topological polar surface area (TPSA) is 21.3 Å². The maximum atomic E-state index is 14.0. The molecule has 0 radical (unpaired) electrons. The van der Waals surface area contributed by atoms with Crippen molar-refractivity contribution in [2.24, 2.45) is 0 Å². The van der Waals surface area contributed by atoms with Crippen molar-refractivity contribution in [1.82, 2.24) is 5.32 Å². The lowest BCUT2D eigenvalue weighted by Crippen LogP contribution is -2.20. The highest BCUT2D eigenvalue weighted by Crippen LogP contribution is 2.31. The van der Waals surface area contributed by atoms with Gasteiger partial charge in [0.15, 0.2) is 0 Å². The van der Waals surface area contributed by atoms with Gasteiger partial charge >= 0.3 is 0 Å². The third-order valence-electron chi connectivity index (χ3n) is 3.09. The Morgan fingerprint density at radius 3 is 2.50 bits per heavy atom. The number of hydrogen-bond acceptors (Lipinski definition) is 2. The molecule has 2 aromatic rings. The molecule has 0 bridgehead atoms. The van der Waals surface area contributed by atoms with Gasteiger partial charge in [0.05, 0.1) is 12.6 Å². The van der Waals surface area contributed by atoms with Crippen LogP contribution in [0, 0.1) is 11.6 Å². The lowest BCUT2D eigenvalue weighted by atomic mass is 9.97. The van der Waals surface area contributed by atoms with Gasteiger partial charge in [0.2, 0.25) is 0 Å². The summed E-state index contributed by atoms with van der Waals surface area (Å²) in [5.41, 5.74) is 1.21. The van der Waals surface area contributed by atoms with Crippen LogP contribution in [0.4, 0.5) is 8.78 Å². The van der Waals surface area contributed by atoms with E-state index < -0.39 is 17.7 Å². The first kappa shape index (κ1) is 14.5. The van der Waals surface area contributed by atoms with E-state index in [1.54, 1.807) is 7.05 Å². The van der Waals surface area contributed by atoms with Crippen LogP contribution >= 0.6 is 0 Å². The standard InChI is InChI=1S/C16H17F2NO/c1-3-20-15-7-5-4-6-13(15)16(19-2)12-9-8-11(17)10-14(12)18/h4-10,16,19H,3H2,1-2H3. The zero-order chi connectivity index (χ0) is 14.5. The monoisotopic (exact) mass is 277 g/mol. The molecule has 1 unspecified atom stereocenters. The summed E-state index contributed by atoms with van der Waals surface area (Å²) in [4.78, 5) is 0. The van der Waals surface area contributed by atoms with E-state index in [9.17, 15) is 8.78 Å². The van der Waals surface area contributed by atoms with E-state index in [1.807, 2.05) is 31.2 Å². The average Bonchev–Trinajstić information content (AvgIpc) is 2.44. The van der Waals surface area contributed by atoms with Crippen LogP contribution in [0.1, 0.15) is 24.1 Å². The Kier molecular flexibility index (Phi) is 4.69. The van der Waals surface area contributed by atoms with E-state index >= 15 is 0 Å². The van der Waals surface area contributed by atoms with Crippen molar-refractivity contribution in [3.05, 3.63) is 65.2 Å². The van der Waals surface area contributed by atoms with Gasteiger partial charge in [0, 0.05) is 17.2 Å². The number of halogens is 2. The molecule has 2 nitrogen and oxygen atoms in total. The van der Waals surface area contributed by atoms with Crippen molar-refractivity contribution in [2.75, 3.05) is 13.7 Å². The lowest BCUT2D eigenvalue weighted by molar-refractivity contribution is 0.334. The van der Waals surface area contributed by atoms with Gasteiger partial charge in [-0.15, -0.1) is 0 Å². The fourth-order valence-electron chi connectivity index (χ4n) is 2.22. The molecule has 4 heteroatoms. The van der Waals surface area contributed by atoms with Crippen LogP contribution in [0.2, 0.25) is 0 Å². The molecule has 0 aliphatic rings. The van der Waals surface area contributed by atoms with Gasteiger partial charge in [-0.3, -0.25) is 0 Å². The molecule has 106 valence electrons. The Morgan fingerprint density at radius 1 is 1.10 bits per heavy atom. The molecule has 0 spiro atoms. The Morgan fingerprint density at radius 2 is 1.85 bits per heavy atom. The molecule has 0 saturated carbocycles. The van der Waals surface area contributed by atoms with E-state index in [2.05, 4.69) is 5.32 Å². The molecular formula is C16H17F2NO. The largest absolute Gasteiger partial charge is 0.494 e. The Balaban J connectivity index is 2.47. The Labute approximate surface area is 117 Å². The van der Waals surface area contributed by atoms with Gasteiger partial charge in [-0.2, -0.15) is 0 Å². The van der Waals surface area contributed by atoms with Crippen LogP contribution < -0.4 is 10.1 Å². The molecule has 0 aliphatic carbocycles. The second-order valence-corrected chi connectivity index (χ2v) is 4.36. The Bertz CT molecular complexity index is 586. The molecule has 0 aliphatic heterocycles. The summed E-state index contributed by atoms with van der Waals surface area (Å²) in [6, 6.07) is 10.6. The smallest absolute Gasteiger partial charge is 0.131 e. The molecule has 0 saturated heterocycles. The maximum Gasteiger partial charge on any atom is 0.131 e. The van der Waals surface area contributed by atoms with Crippen molar-refractivity contribution >= 4 is 0 Å². The summed E-state index contributed by atoms with van der Waals surface area (Å²) >= 11 is 0. The number of nitrogens with one attached hydrogen (secondary N) is 1. The van der Waals surface area contributed by atoms with Crippen LogP contribution in [-0.4, -0.2) is 13.7 Å². The average molecular weight is 277 g/mol. The van der Waals surface area contributed by atoms with Gasteiger partial charge in [0.25, 0.3) is 0 Å². The fraction of sp³-hybridized carbons (Fsp3) is 0.250. The number of ether oxygens (including phenoxy) is 1. The van der Waals surface area contributed by atoms with Crippen LogP contribution in [0.15, 0.2) is 42.5 Å². The van der Waals surface area contributed by atoms with Crippen molar-refractivity contribution in [1.29, 1.82) is 0 Å². The van der Waals surface area contributed by atoms with Crippen LogP contribution in [0.3, 0.4) is 0 Å². The van der Waals surface area contributed by atoms with Crippen molar-refractivity contribution < 1.29 is 13.5 Å². The third-order valence-corrected chi connectivity index (χ3v) is 3.09. The molecule has 20 heavy (non-hydrogen) atoms. The van der Waals surface area contributed by atoms with Crippen molar-refractivity contribution in [3.63, 3.8) is 0 Å². The van der Waals surface area contributed by atoms with Gasteiger partial charge in [-0.1, -0.05) is 24.3 Å². The molecule has 0 amide bonds. The predicted octanol–water partition coefficient (Wildman–Crippen LogP) is 3.67. The summed E-state index contributed by atoms with van der Waals surface area (Å²) in [5, 5.41) is 3.05. The molecule has 1 atom stereocenters. The molecular weight excluding hydrogens is 260 g/mol. The molecule has 1 N–H and O–H groups in total. The first-order valence-corrected chi connectivity index (χ1v) is 6.51. The van der Waals surface area contributed by atoms with Crippen LogP contribution in [0.25, 0.3) is 0 Å². The van der Waals surface area contributed by atoms with Crippen molar-refractivity contribution in [2.45, 2.75) is 13.0 Å². The summed E-state index contributed by atoms with van der Waals surface area (Å²) in [7, 11) is 1.73. The van der Waals surface area contributed by atoms with Gasteiger partial charge in [-0.25, -0.2) is 8.78 Å². The second kappa shape index (κ2) is 6.48. The van der Waals surface area contributed by atoms with E-state index in [0.29, 0.717) is 17.9 Å². The summed E-state index contributed by atoms with van der Waals surface area (Å²) in [6.07, 6.45) is 0. The van der Waals surface area contributed by atoms with Gasteiger partial charge < -0.3 is 10.1 Å². The number of benzene rings is 2. The zero-order valence-electron chi connectivity index (χ0n) is 11.5. The third kappa shape index (κ3) is 2.96. The van der Waals surface area contributed by atoms with E-state index in [4.69, 9.17) is 4.74 Å². The van der Waals surface area contributed by atoms with E-state index in [1.165, 1.54) is 12.1 Å². The predicted molar refractivity (Wildman–Crippen MR) is 74.9 cm³/mol. The maximum absolute atomic E-state index is 14.0. The molecule has 2 rings (SSSR count). The highest BCUT2D eigenvalue weighted by atomic mass is 19.1. The summed E-state index contributed by atoms with van der Waals surface area (Å²) < 4.78 is 32.6. The number of rotatable bonds is 5. The van der Waals surface area contributed by atoms with E-state index in [-0.39, 0.29) is 0 Å². The highest BCUT2D eigenvalue weighted by Gasteiger charge is 2.19. The van der Waals surface area contributed by atoms with Gasteiger partial charge in [-0.05, 0) is 26.1 Å². The molecule has 0 aromatic heterocycles. The fourth-order valence-corrected chi connectivity index (χ4v) is 2.22. The van der Waals surface area contributed by atoms with Crippen molar-refractivity contribution in [3.8, 4) is 5.75 Å². The molecule has 2 aromatic carbocycles. The molecule has 0 heterocycles.